The van der Waals surface area contributed by atoms with E-state index >= 15 is 0 Å². The third kappa shape index (κ3) is 4.23. The lowest BCUT2D eigenvalue weighted by Crippen LogP contribution is -2.59. The molecule has 9 heteroatoms. The van der Waals surface area contributed by atoms with Crippen LogP contribution in [-0.4, -0.2) is 57.2 Å². The Morgan fingerprint density at radius 3 is 2.86 bits per heavy atom. The van der Waals surface area contributed by atoms with Gasteiger partial charge < -0.3 is 14.8 Å². The number of ether oxygens (including phenoxy) is 2. The van der Waals surface area contributed by atoms with Crippen LogP contribution in [0.1, 0.15) is 42.6 Å². The largest absolute Gasteiger partial charge is 0.404 e. The maximum absolute atomic E-state index is 15.0. The highest BCUT2D eigenvalue weighted by Crippen LogP contribution is 2.41. The number of anilines is 1. The second-order valence-electron chi connectivity index (χ2n) is 9.79. The zero-order valence-electron chi connectivity index (χ0n) is 19.7. The zero-order chi connectivity index (χ0) is 24.0. The number of aromatic nitrogens is 3. The van der Waals surface area contributed by atoms with Crippen molar-refractivity contribution in [3.05, 3.63) is 53.2 Å². The van der Waals surface area contributed by atoms with E-state index in [9.17, 15) is 9.18 Å². The number of hydrogen-bond acceptors (Lipinski definition) is 8. The van der Waals surface area contributed by atoms with Crippen LogP contribution < -0.4 is 10.1 Å². The number of aryl methyl sites for hydroxylation is 1. The monoisotopic (exact) mass is 477 g/mol. The molecule has 8 nitrogen and oxygen atoms in total. The van der Waals surface area contributed by atoms with Crippen molar-refractivity contribution in [1.82, 2.24) is 19.9 Å². The van der Waals surface area contributed by atoms with E-state index in [1.54, 1.807) is 0 Å². The van der Waals surface area contributed by atoms with Gasteiger partial charge in [0.1, 0.15) is 12.4 Å². The van der Waals surface area contributed by atoms with Gasteiger partial charge in [0.05, 0.1) is 41.3 Å². The van der Waals surface area contributed by atoms with Crippen molar-refractivity contribution in [1.29, 1.82) is 0 Å². The Morgan fingerprint density at radius 1 is 1.20 bits per heavy atom. The maximum atomic E-state index is 15.0. The number of halogens is 1. The summed E-state index contributed by atoms with van der Waals surface area (Å²) in [6, 6.07) is 7.64. The summed E-state index contributed by atoms with van der Waals surface area (Å²) in [5.74, 6) is -0.369. The van der Waals surface area contributed by atoms with Crippen molar-refractivity contribution >= 4 is 22.7 Å². The molecule has 6 heterocycles. The van der Waals surface area contributed by atoms with Crippen LogP contribution in [0.5, 0.6) is 5.88 Å². The Morgan fingerprint density at radius 2 is 2.06 bits per heavy atom. The second-order valence-corrected chi connectivity index (χ2v) is 9.79. The molecule has 0 radical (unpaired) electrons. The first-order valence-corrected chi connectivity index (χ1v) is 12.2. The molecular weight excluding hydrogens is 449 g/mol. The molecule has 0 amide bonds. The van der Waals surface area contributed by atoms with Gasteiger partial charge in [-0.1, -0.05) is 0 Å². The van der Waals surface area contributed by atoms with Crippen molar-refractivity contribution < 1.29 is 18.7 Å². The van der Waals surface area contributed by atoms with Gasteiger partial charge in [-0.3, -0.25) is 14.9 Å². The highest BCUT2D eigenvalue weighted by atomic mass is 19.1. The molecule has 182 valence electrons. The molecule has 3 aromatic rings. The Labute approximate surface area is 202 Å². The molecular formula is C26H28FN5O3. The van der Waals surface area contributed by atoms with Crippen molar-refractivity contribution in [2.45, 2.75) is 57.2 Å². The fourth-order valence-corrected chi connectivity index (χ4v) is 5.57. The van der Waals surface area contributed by atoms with Crippen LogP contribution in [0.3, 0.4) is 0 Å². The topological polar surface area (TPSA) is 89.5 Å². The Bertz CT molecular complexity index is 1270. The van der Waals surface area contributed by atoms with E-state index in [4.69, 9.17) is 9.47 Å². The van der Waals surface area contributed by atoms with E-state index in [0.29, 0.717) is 60.4 Å². The molecule has 3 aliphatic heterocycles. The van der Waals surface area contributed by atoms with Crippen LogP contribution in [0.15, 0.2) is 30.5 Å². The number of esters is 1. The van der Waals surface area contributed by atoms with E-state index in [1.807, 2.05) is 31.2 Å². The summed E-state index contributed by atoms with van der Waals surface area (Å²) in [6.07, 6.45) is 6.27. The van der Waals surface area contributed by atoms with Gasteiger partial charge in [-0.25, -0.2) is 14.2 Å². The van der Waals surface area contributed by atoms with Gasteiger partial charge in [0.15, 0.2) is 0 Å². The number of fused-ring (bicyclic) bond motifs is 5. The number of carbonyl (C=O) groups excluding carboxylic acids is 1. The lowest BCUT2D eigenvalue weighted by atomic mass is 9.76. The van der Waals surface area contributed by atoms with Crippen LogP contribution in [0, 0.1) is 12.7 Å². The molecule has 35 heavy (non-hydrogen) atoms. The van der Waals surface area contributed by atoms with Gasteiger partial charge >= 0.3 is 5.97 Å². The van der Waals surface area contributed by atoms with Crippen LogP contribution in [-0.2, 0) is 22.5 Å². The fourth-order valence-electron chi connectivity index (χ4n) is 5.57. The lowest BCUT2D eigenvalue weighted by molar-refractivity contribution is -0.138. The predicted molar refractivity (Wildman–Crippen MR) is 128 cm³/mol. The first kappa shape index (κ1) is 22.3. The SMILES string of the molecule is Cc1ccc2ncc(F)c(CCN(Cc3ccc4c(n3)OC(=O)CN4)C34CCC(CC3)OC4)c2n1. The molecule has 0 atom stereocenters. The minimum atomic E-state index is -0.348. The molecule has 3 aromatic heterocycles. The summed E-state index contributed by atoms with van der Waals surface area (Å²) in [4.78, 5) is 27.6. The number of carbonyl (C=O) groups is 1. The first-order chi connectivity index (χ1) is 17.0. The standard InChI is InChI=1S/C26H28FN5O3/c1-16-2-4-21-24(30-16)19(20(27)12-28-21)8-11-32(26-9-6-18(7-10-26)34-15-26)14-17-3-5-22-25(31-17)35-23(33)13-29-22/h2-5,12,18,29H,6-11,13-15H2,1H3. The quantitative estimate of drug-likeness (QED) is 0.539. The molecule has 1 N–H and O–H groups in total. The van der Waals surface area contributed by atoms with Crippen LogP contribution in [0.2, 0.25) is 0 Å². The van der Waals surface area contributed by atoms with Gasteiger partial charge in [0, 0.05) is 29.9 Å². The van der Waals surface area contributed by atoms with Crippen molar-refractivity contribution in [3.63, 3.8) is 0 Å². The Balaban J connectivity index is 1.31. The summed E-state index contributed by atoms with van der Waals surface area (Å²) < 4.78 is 26.4. The maximum Gasteiger partial charge on any atom is 0.332 e. The highest BCUT2D eigenvalue weighted by Gasteiger charge is 2.45. The minimum Gasteiger partial charge on any atom is -0.404 e. The summed E-state index contributed by atoms with van der Waals surface area (Å²) in [5.41, 5.74) is 4.13. The molecule has 7 rings (SSSR count). The molecule has 0 spiro atoms. The molecule has 3 fully saturated rings. The highest BCUT2D eigenvalue weighted by molar-refractivity contribution is 5.82. The van der Waals surface area contributed by atoms with Gasteiger partial charge in [0.2, 0.25) is 5.88 Å². The third-order valence-corrected chi connectivity index (χ3v) is 7.56. The molecule has 2 bridgehead atoms. The van der Waals surface area contributed by atoms with Gasteiger partial charge in [-0.05, 0) is 63.3 Å². The Kier molecular flexibility index (Phi) is 5.61. The molecule has 4 aliphatic rings. The summed E-state index contributed by atoms with van der Waals surface area (Å²) in [5, 5.41) is 3.03. The summed E-state index contributed by atoms with van der Waals surface area (Å²) in [6.45, 7) is 3.88. The van der Waals surface area contributed by atoms with E-state index in [-0.39, 0.29) is 23.9 Å². The molecule has 0 unspecified atom stereocenters. The number of nitrogens with one attached hydrogen (secondary N) is 1. The average molecular weight is 478 g/mol. The molecule has 0 aromatic carbocycles. The predicted octanol–water partition coefficient (Wildman–Crippen LogP) is 3.56. The molecule has 1 saturated carbocycles. The summed E-state index contributed by atoms with van der Waals surface area (Å²) >= 11 is 0. The first-order valence-electron chi connectivity index (χ1n) is 12.2. The zero-order valence-corrected chi connectivity index (χ0v) is 19.7. The number of pyridine rings is 3. The second kappa shape index (κ2) is 8.80. The van der Waals surface area contributed by atoms with E-state index < -0.39 is 0 Å². The Hall–Kier alpha value is -3.17. The van der Waals surface area contributed by atoms with E-state index in [1.165, 1.54) is 6.20 Å². The third-order valence-electron chi connectivity index (χ3n) is 7.56. The molecule has 1 aliphatic carbocycles. The summed E-state index contributed by atoms with van der Waals surface area (Å²) in [7, 11) is 0. The van der Waals surface area contributed by atoms with Crippen molar-refractivity contribution in [2.75, 3.05) is 25.0 Å². The normalized spacial score (nSPS) is 23.3. The van der Waals surface area contributed by atoms with E-state index in [0.717, 1.165) is 37.1 Å². The van der Waals surface area contributed by atoms with Gasteiger partial charge in [-0.2, -0.15) is 0 Å². The fraction of sp³-hybridized carbons (Fsp3) is 0.462. The van der Waals surface area contributed by atoms with Gasteiger partial charge in [-0.15, -0.1) is 0 Å². The van der Waals surface area contributed by atoms with E-state index in [2.05, 4.69) is 25.2 Å². The van der Waals surface area contributed by atoms with Crippen LogP contribution in [0.25, 0.3) is 11.0 Å². The van der Waals surface area contributed by atoms with Crippen LogP contribution >= 0.6 is 0 Å². The van der Waals surface area contributed by atoms with Gasteiger partial charge in [0.25, 0.3) is 0 Å². The van der Waals surface area contributed by atoms with Crippen molar-refractivity contribution in [2.24, 2.45) is 0 Å². The number of hydrogen-bond donors (Lipinski definition) is 1. The number of rotatable bonds is 6. The lowest BCUT2D eigenvalue weighted by Gasteiger charge is -2.52. The van der Waals surface area contributed by atoms with Crippen LogP contribution in [0.4, 0.5) is 10.1 Å². The molecule has 2 saturated heterocycles. The van der Waals surface area contributed by atoms with Crippen molar-refractivity contribution in [3.8, 4) is 5.88 Å². The average Bonchev–Trinajstić information content (AvgIpc) is 2.88. The number of nitrogens with zero attached hydrogens (tertiary/aromatic N) is 4. The smallest absolute Gasteiger partial charge is 0.332 e. The minimum absolute atomic E-state index is 0.121.